The second-order valence-corrected chi connectivity index (χ2v) is 5.83. The van der Waals surface area contributed by atoms with E-state index in [0.29, 0.717) is 12.4 Å². The summed E-state index contributed by atoms with van der Waals surface area (Å²) in [4.78, 5) is 14.4. The lowest BCUT2D eigenvalue weighted by Crippen LogP contribution is -2.31. The highest BCUT2D eigenvalue weighted by atomic mass is 16.5. The van der Waals surface area contributed by atoms with Gasteiger partial charge in [0.2, 0.25) is 5.91 Å². The summed E-state index contributed by atoms with van der Waals surface area (Å²) < 4.78 is 5.19. The Morgan fingerprint density at radius 2 is 2.00 bits per heavy atom. The number of hydrogen-bond acceptors (Lipinski definition) is 4. The molecule has 2 aromatic rings. The number of carbonyl (C=O) groups is 1. The minimum atomic E-state index is -0.0202. The van der Waals surface area contributed by atoms with Gasteiger partial charge in [-0.25, -0.2) is 0 Å². The van der Waals surface area contributed by atoms with Crippen LogP contribution in [0.25, 0.3) is 11.1 Å². The van der Waals surface area contributed by atoms with Crippen molar-refractivity contribution in [2.24, 2.45) is 0 Å². The van der Waals surface area contributed by atoms with E-state index in [2.05, 4.69) is 20.4 Å². The Bertz CT molecular complexity index is 672. The van der Waals surface area contributed by atoms with Gasteiger partial charge in [-0.15, -0.1) is 0 Å². The Balaban J connectivity index is 1.76. The molecule has 0 atom stereocenters. The zero-order valence-electron chi connectivity index (χ0n) is 13.6. The molecular weight excluding hydrogens is 292 g/mol. The molecule has 122 valence electrons. The first kappa shape index (κ1) is 15.6. The predicted molar refractivity (Wildman–Crippen MR) is 89.6 cm³/mol. The molecule has 1 aliphatic rings. The van der Waals surface area contributed by atoms with Crippen molar-refractivity contribution in [1.29, 1.82) is 0 Å². The van der Waals surface area contributed by atoms with E-state index in [-0.39, 0.29) is 5.91 Å². The number of rotatable bonds is 5. The third kappa shape index (κ3) is 3.53. The predicted octanol–water partition coefficient (Wildman–Crippen LogP) is 2.43. The SMILES string of the molecule is COc1ccc(-c2c(NC(=O)CN3CCCC3)n[nH]c2C)cc1. The number of aromatic amines is 1. The average Bonchev–Trinajstić information content (AvgIpc) is 3.18. The lowest BCUT2D eigenvalue weighted by molar-refractivity contribution is -0.117. The Labute approximate surface area is 135 Å². The first-order valence-corrected chi connectivity index (χ1v) is 7.89. The van der Waals surface area contributed by atoms with Crippen LogP contribution >= 0.6 is 0 Å². The molecule has 0 radical (unpaired) electrons. The fraction of sp³-hybridized carbons (Fsp3) is 0.412. The average molecular weight is 314 g/mol. The van der Waals surface area contributed by atoms with Crippen LogP contribution in [-0.4, -0.2) is 47.7 Å². The van der Waals surface area contributed by atoms with E-state index in [4.69, 9.17) is 4.74 Å². The van der Waals surface area contributed by atoms with Gasteiger partial charge in [0.25, 0.3) is 0 Å². The van der Waals surface area contributed by atoms with Crippen LogP contribution < -0.4 is 10.1 Å². The molecule has 2 N–H and O–H groups in total. The number of anilines is 1. The van der Waals surface area contributed by atoms with Crippen LogP contribution in [0.2, 0.25) is 0 Å². The Morgan fingerprint density at radius 1 is 1.30 bits per heavy atom. The van der Waals surface area contributed by atoms with Crippen LogP contribution in [0.5, 0.6) is 5.75 Å². The molecule has 1 aromatic heterocycles. The molecule has 1 saturated heterocycles. The van der Waals surface area contributed by atoms with E-state index >= 15 is 0 Å². The summed E-state index contributed by atoms with van der Waals surface area (Å²) in [7, 11) is 1.64. The zero-order valence-corrected chi connectivity index (χ0v) is 13.6. The summed E-state index contributed by atoms with van der Waals surface area (Å²) in [6.07, 6.45) is 2.35. The van der Waals surface area contributed by atoms with Crippen LogP contribution in [0, 0.1) is 6.92 Å². The quantitative estimate of drug-likeness (QED) is 0.889. The number of aromatic nitrogens is 2. The van der Waals surface area contributed by atoms with E-state index in [9.17, 15) is 4.79 Å². The number of H-pyrrole nitrogens is 1. The van der Waals surface area contributed by atoms with Crippen molar-refractivity contribution in [3.05, 3.63) is 30.0 Å². The Hall–Kier alpha value is -2.34. The normalized spacial score (nSPS) is 14.9. The van der Waals surface area contributed by atoms with Gasteiger partial charge in [-0.3, -0.25) is 14.8 Å². The second kappa shape index (κ2) is 6.83. The Morgan fingerprint density at radius 3 is 2.65 bits per heavy atom. The molecule has 0 unspecified atom stereocenters. The van der Waals surface area contributed by atoms with Gasteiger partial charge >= 0.3 is 0 Å². The first-order chi connectivity index (χ1) is 11.2. The fourth-order valence-corrected chi connectivity index (χ4v) is 2.95. The summed E-state index contributed by atoms with van der Waals surface area (Å²) in [5, 5.41) is 10.1. The number of ether oxygens (including phenoxy) is 1. The van der Waals surface area contributed by atoms with Crippen molar-refractivity contribution in [3.63, 3.8) is 0 Å². The molecule has 6 heteroatoms. The molecule has 2 heterocycles. The van der Waals surface area contributed by atoms with Gasteiger partial charge in [-0.1, -0.05) is 12.1 Å². The van der Waals surface area contributed by atoms with Gasteiger partial charge in [-0.05, 0) is 50.6 Å². The summed E-state index contributed by atoms with van der Waals surface area (Å²) in [6, 6.07) is 7.73. The maximum absolute atomic E-state index is 12.2. The van der Waals surface area contributed by atoms with E-state index in [1.165, 1.54) is 12.8 Å². The third-order valence-corrected chi connectivity index (χ3v) is 4.15. The van der Waals surface area contributed by atoms with Gasteiger partial charge in [0.05, 0.1) is 13.7 Å². The number of aryl methyl sites for hydroxylation is 1. The van der Waals surface area contributed by atoms with Crippen molar-refractivity contribution in [1.82, 2.24) is 15.1 Å². The molecule has 0 spiro atoms. The number of likely N-dealkylation sites (tertiary alicyclic amines) is 1. The van der Waals surface area contributed by atoms with Crippen LogP contribution in [0.4, 0.5) is 5.82 Å². The molecule has 1 amide bonds. The zero-order chi connectivity index (χ0) is 16.2. The molecule has 0 bridgehead atoms. The van der Waals surface area contributed by atoms with E-state index in [1.807, 2.05) is 31.2 Å². The van der Waals surface area contributed by atoms with Crippen LogP contribution in [0.15, 0.2) is 24.3 Å². The summed E-state index contributed by atoms with van der Waals surface area (Å²) >= 11 is 0. The van der Waals surface area contributed by atoms with Crippen LogP contribution in [-0.2, 0) is 4.79 Å². The maximum Gasteiger partial charge on any atom is 0.239 e. The van der Waals surface area contributed by atoms with Crippen molar-refractivity contribution < 1.29 is 9.53 Å². The van der Waals surface area contributed by atoms with Crippen molar-refractivity contribution in [2.45, 2.75) is 19.8 Å². The molecule has 3 rings (SSSR count). The molecular formula is C17H22N4O2. The highest BCUT2D eigenvalue weighted by Gasteiger charge is 2.18. The van der Waals surface area contributed by atoms with Gasteiger partial charge in [0.15, 0.2) is 5.82 Å². The van der Waals surface area contributed by atoms with Crippen LogP contribution in [0.3, 0.4) is 0 Å². The molecule has 6 nitrogen and oxygen atoms in total. The summed E-state index contributed by atoms with van der Waals surface area (Å²) in [5.41, 5.74) is 2.84. The number of methoxy groups -OCH3 is 1. The highest BCUT2D eigenvalue weighted by Crippen LogP contribution is 2.30. The van der Waals surface area contributed by atoms with Gasteiger partial charge < -0.3 is 10.1 Å². The summed E-state index contributed by atoms with van der Waals surface area (Å²) in [5.74, 6) is 1.36. The molecule has 1 aromatic carbocycles. The lowest BCUT2D eigenvalue weighted by Gasteiger charge is -2.14. The smallest absolute Gasteiger partial charge is 0.239 e. The highest BCUT2D eigenvalue weighted by molar-refractivity contribution is 5.95. The third-order valence-electron chi connectivity index (χ3n) is 4.15. The number of hydrogen-bond donors (Lipinski definition) is 2. The van der Waals surface area contributed by atoms with E-state index in [1.54, 1.807) is 7.11 Å². The molecule has 1 fully saturated rings. The minimum Gasteiger partial charge on any atom is -0.497 e. The van der Waals surface area contributed by atoms with E-state index < -0.39 is 0 Å². The number of nitrogens with one attached hydrogen (secondary N) is 2. The van der Waals surface area contributed by atoms with Crippen LogP contribution in [0.1, 0.15) is 18.5 Å². The first-order valence-electron chi connectivity index (χ1n) is 7.89. The molecule has 0 saturated carbocycles. The Kier molecular flexibility index (Phi) is 4.62. The van der Waals surface area contributed by atoms with Crippen molar-refractivity contribution in [3.8, 4) is 16.9 Å². The topological polar surface area (TPSA) is 70.2 Å². The lowest BCUT2D eigenvalue weighted by atomic mass is 10.1. The molecule has 0 aliphatic carbocycles. The van der Waals surface area contributed by atoms with Crippen molar-refractivity contribution >= 4 is 11.7 Å². The molecule has 23 heavy (non-hydrogen) atoms. The second-order valence-electron chi connectivity index (χ2n) is 5.83. The maximum atomic E-state index is 12.2. The number of benzene rings is 1. The monoisotopic (exact) mass is 314 g/mol. The fourth-order valence-electron chi connectivity index (χ4n) is 2.95. The number of amides is 1. The summed E-state index contributed by atoms with van der Waals surface area (Å²) in [6.45, 7) is 4.37. The largest absolute Gasteiger partial charge is 0.497 e. The number of nitrogens with zero attached hydrogens (tertiary/aromatic N) is 2. The standard InChI is InChI=1S/C17H22N4O2/c1-12-16(13-5-7-14(23-2)8-6-13)17(20-19-12)18-15(22)11-21-9-3-4-10-21/h5-8H,3-4,9-11H2,1-2H3,(H2,18,19,20,22). The van der Waals surface area contributed by atoms with Gasteiger partial charge in [0.1, 0.15) is 5.75 Å². The van der Waals surface area contributed by atoms with E-state index in [0.717, 1.165) is 35.7 Å². The molecule has 1 aliphatic heterocycles. The van der Waals surface area contributed by atoms with Crippen molar-refractivity contribution in [2.75, 3.05) is 32.1 Å². The number of carbonyl (C=O) groups excluding carboxylic acids is 1. The van der Waals surface area contributed by atoms with Gasteiger partial charge in [0, 0.05) is 11.3 Å². The minimum absolute atomic E-state index is 0.0202. The van der Waals surface area contributed by atoms with Gasteiger partial charge in [-0.2, -0.15) is 5.10 Å².